The van der Waals surface area contributed by atoms with Gasteiger partial charge in [0.25, 0.3) is 5.91 Å². The van der Waals surface area contributed by atoms with Crippen LogP contribution in [-0.2, 0) is 0 Å². The molecular formula is C17H17N3O5. The SMILES string of the molecule is CC(C)Oc1ccc(C(=O)N/N=C\c2ccc(O)c([N+](=O)[O-])c2)cc1. The van der Waals surface area contributed by atoms with Gasteiger partial charge >= 0.3 is 5.69 Å². The number of carbonyl (C=O) groups excluding carboxylic acids is 1. The van der Waals surface area contributed by atoms with E-state index in [4.69, 9.17) is 4.74 Å². The van der Waals surface area contributed by atoms with Crippen molar-refractivity contribution in [1.29, 1.82) is 0 Å². The Kier molecular flexibility index (Phi) is 5.67. The van der Waals surface area contributed by atoms with Gasteiger partial charge in [0, 0.05) is 17.2 Å². The van der Waals surface area contributed by atoms with Crippen LogP contribution in [0.5, 0.6) is 11.5 Å². The largest absolute Gasteiger partial charge is 0.502 e. The topological polar surface area (TPSA) is 114 Å². The van der Waals surface area contributed by atoms with Crippen LogP contribution in [0.3, 0.4) is 0 Å². The van der Waals surface area contributed by atoms with E-state index in [2.05, 4.69) is 10.5 Å². The number of ether oxygens (including phenoxy) is 1. The van der Waals surface area contributed by atoms with Gasteiger partial charge in [-0.25, -0.2) is 5.43 Å². The fourth-order valence-corrected chi connectivity index (χ4v) is 1.95. The Morgan fingerprint density at radius 3 is 2.56 bits per heavy atom. The highest BCUT2D eigenvalue weighted by atomic mass is 16.6. The Bertz CT molecular complexity index is 800. The summed E-state index contributed by atoms with van der Waals surface area (Å²) in [7, 11) is 0. The van der Waals surface area contributed by atoms with Crippen LogP contribution in [-0.4, -0.2) is 28.3 Å². The van der Waals surface area contributed by atoms with Crippen LogP contribution in [0, 0.1) is 10.1 Å². The maximum atomic E-state index is 12.0. The van der Waals surface area contributed by atoms with Crippen LogP contribution >= 0.6 is 0 Å². The van der Waals surface area contributed by atoms with Gasteiger partial charge in [-0.3, -0.25) is 14.9 Å². The summed E-state index contributed by atoms with van der Waals surface area (Å²) < 4.78 is 5.49. The van der Waals surface area contributed by atoms with E-state index in [9.17, 15) is 20.0 Å². The van der Waals surface area contributed by atoms with E-state index >= 15 is 0 Å². The van der Waals surface area contributed by atoms with Gasteiger partial charge < -0.3 is 9.84 Å². The Balaban J connectivity index is 2.01. The predicted octanol–water partition coefficient (Wildman–Crippen LogP) is 2.85. The quantitative estimate of drug-likeness (QED) is 0.475. The summed E-state index contributed by atoms with van der Waals surface area (Å²) in [4.78, 5) is 22.0. The highest BCUT2D eigenvalue weighted by molar-refractivity contribution is 5.95. The number of nitro benzene ring substituents is 1. The van der Waals surface area contributed by atoms with Crippen LogP contribution < -0.4 is 10.2 Å². The number of hydrogen-bond donors (Lipinski definition) is 2. The number of nitro groups is 1. The molecule has 0 spiro atoms. The first-order valence-electron chi connectivity index (χ1n) is 7.44. The molecule has 0 saturated heterocycles. The molecule has 2 rings (SSSR count). The molecule has 0 atom stereocenters. The smallest absolute Gasteiger partial charge is 0.311 e. The molecule has 2 aromatic rings. The van der Waals surface area contributed by atoms with Crippen molar-refractivity contribution in [3.05, 3.63) is 63.7 Å². The summed E-state index contributed by atoms with van der Waals surface area (Å²) >= 11 is 0. The van der Waals surface area contributed by atoms with Gasteiger partial charge in [-0.1, -0.05) is 0 Å². The molecule has 0 heterocycles. The van der Waals surface area contributed by atoms with Crippen LogP contribution in [0.25, 0.3) is 0 Å². The van der Waals surface area contributed by atoms with E-state index in [0.29, 0.717) is 16.9 Å². The van der Waals surface area contributed by atoms with E-state index in [0.717, 1.165) is 6.07 Å². The van der Waals surface area contributed by atoms with E-state index < -0.39 is 22.3 Å². The second kappa shape index (κ2) is 7.91. The first kappa shape index (κ1) is 17.9. The number of nitrogens with zero attached hydrogens (tertiary/aromatic N) is 2. The molecule has 0 bridgehead atoms. The zero-order chi connectivity index (χ0) is 18.4. The summed E-state index contributed by atoms with van der Waals surface area (Å²) in [5, 5.41) is 23.9. The molecule has 0 saturated carbocycles. The second-order valence-electron chi connectivity index (χ2n) is 5.40. The summed E-state index contributed by atoms with van der Waals surface area (Å²) in [6, 6.07) is 10.4. The Hall–Kier alpha value is -3.42. The number of nitrogens with one attached hydrogen (secondary N) is 1. The molecule has 0 aliphatic heterocycles. The van der Waals surface area contributed by atoms with Crippen molar-refractivity contribution in [2.45, 2.75) is 20.0 Å². The molecule has 0 fully saturated rings. The summed E-state index contributed by atoms with van der Waals surface area (Å²) in [6.07, 6.45) is 1.29. The first-order chi connectivity index (χ1) is 11.9. The normalized spacial score (nSPS) is 10.8. The highest BCUT2D eigenvalue weighted by Gasteiger charge is 2.12. The minimum Gasteiger partial charge on any atom is -0.502 e. The monoisotopic (exact) mass is 343 g/mol. The van der Waals surface area contributed by atoms with Gasteiger partial charge in [0.2, 0.25) is 0 Å². The van der Waals surface area contributed by atoms with E-state index in [-0.39, 0.29) is 6.10 Å². The number of benzene rings is 2. The molecule has 2 aromatic carbocycles. The van der Waals surface area contributed by atoms with Crippen molar-refractivity contribution in [2.75, 3.05) is 0 Å². The van der Waals surface area contributed by atoms with Crippen molar-refractivity contribution in [1.82, 2.24) is 5.43 Å². The molecule has 0 radical (unpaired) electrons. The maximum absolute atomic E-state index is 12.0. The van der Waals surface area contributed by atoms with Crippen molar-refractivity contribution < 1.29 is 19.6 Å². The van der Waals surface area contributed by atoms with Crippen LogP contribution in [0.4, 0.5) is 5.69 Å². The Morgan fingerprint density at radius 1 is 1.28 bits per heavy atom. The molecule has 0 aromatic heterocycles. The van der Waals surface area contributed by atoms with Gasteiger partial charge in [-0.15, -0.1) is 0 Å². The minimum atomic E-state index is -0.702. The number of aromatic hydroxyl groups is 1. The molecule has 25 heavy (non-hydrogen) atoms. The molecule has 2 N–H and O–H groups in total. The lowest BCUT2D eigenvalue weighted by Gasteiger charge is -2.09. The zero-order valence-electron chi connectivity index (χ0n) is 13.7. The lowest BCUT2D eigenvalue weighted by molar-refractivity contribution is -0.385. The van der Waals surface area contributed by atoms with Gasteiger partial charge in [0.05, 0.1) is 17.2 Å². The lowest BCUT2D eigenvalue weighted by Crippen LogP contribution is -2.17. The fourth-order valence-electron chi connectivity index (χ4n) is 1.95. The summed E-state index contributed by atoms with van der Waals surface area (Å²) in [6.45, 7) is 3.81. The number of rotatable bonds is 6. The molecule has 1 amide bonds. The molecule has 0 aliphatic carbocycles. The average Bonchev–Trinajstić information content (AvgIpc) is 2.56. The minimum absolute atomic E-state index is 0.0404. The number of carbonyl (C=O) groups is 1. The third-order valence-corrected chi connectivity index (χ3v) is 3.06. The van der Waals surface area contributed by atoms with E-state index in [1.807, 2.05) is 13.8 Å². The molecule has 8 nitrogen and oxygen atoms in total. The zero-order valence-corrected chi connectivity index (χ0v) is 13.7. The fraction of sp³-hybridized carbons (Fsp3) is 0.176. The van der Waals surface area contributed by atoms with Crippen molar-refractivity contribution in [2.24, 2.45) is 5.10 Å². The Morgan fingerprint density at radius 2 is 1.96 bits per heavy atom. The molecule has 130 valence electrons. The lowest BCUT2D eigenvalue weighted by atomic mass is 10.2. The molecular weight excluding hydrogens is 326 g/mol. The number of hydrazone groups is 1. The first-order valence-corrected chi connectivity index (χ1v) is 7.44. The Labute approximate surface area is 143 Å². The molecule has 8 heteroatoms. The van der Waals surface area contributed by atoms with Crippen LogP contribution in [0.1, 0.15) is 29.8 Å². The second-order valence-corrected chi connectivity index (χ2v) is 5.40. The van der Waals surface area contributed by atoms with Gasteiger partial charge in [-0.05, 0) is 50.2 Å². The van der Waals surface area contributed by atoms with Gasteiger partial charge in [0.1, 0.15) is 5.75 Å². The predicted molar refractivity (Wildman–Crippen MR) is 92.0 cm³/mol. The third kappa shape index (κ3) is 5.03. The van der Waals surface area contributed by atoms with Crippen LogP contribution in [0.2, 0.25) is 0 Å². The summed E-state index contributed by atoms with van der Waals surface area (Å²) in [5.41, 5.74) is 2.65. The van der Waals surface area contributed by atoms with Gasteiger partial charge in [-0.2, -0.15) is 5.10 Å². The van der Waals surface area contributed by atoms with Crippen molar-refractivity contribution >= 4 is 17.8 Å². The highest BCUT2D eigenvalue weighted by Crippen LogP contribution is 2.25. The number of phenols is 1. The van der Waals surface area contributed by atoms with Gasteiger partial charge in [0.15, 0.2) is 5.75 Å². The van der Waals surface area contributed by atoms with E-state index in [1.165, 1.54) is 18.3 Å². The number of hydrogen-bond acceptors (Lipinski definition) is 6. The van der Waals surface area contributed by atoms with E-state index in [1.54, 1.807) is 24.3 Å². The third-order valence-electron chi connectivity index (χ3n) is 3.06. The average molecular weight is 343 g/mol. The molecule has 0 aliphatic rings. The number of amides is 1. The van der Waals surface area contributed by atoms with Crippen LogP contribution in [0.15, 0.2) is 47.6 Å². The standard InChI is InChI=1S/C17H17N3O5/c1-11(2)25-14-6-4-13(5-7-14)17(22)19-18-10-12-3-8-16(21)15(9-12)20(23)24/h3-11,21H,1-2H3,(H,19,22)/b18-10-. The summed E-state index contributed by atoms with van der Waals surface area (Å²) in [5.74, 6) is -0.207. The van der Waals surface area contributed by atoms with Crippen molar-refractivity contribution in [3.8, 4) is 11.5 Å². The van der Waals surface area contributed by atoms with Crippen molar-refractivity contribution in [3.63, 3.8) is 0 Å². The molecule has 0 unspecified atom stereocenters. The maximum Gasteiger partial charge on any atom is 0.311 e. The number of phenolic OH excluding ortho intramolecular Hbond substituents is 1.